The number of likely N-dealkylation sites (tertiary alicyclic amines) is 1. The number of ether oxygens (including phenoxy) is 1. The van der Waals surface area contributed by atoms with Crippen molar-refractivity contribution in [2.75, 3.05) is 13.1 Å². The summed E-state index contributed by atoms with van der Waals surface area (Å²) < 4.78 is 5.09. The van der Waals surface area contributed by atoms with Crippen LogP contribution >= 0.6 is 0 Å². The average molecular weight is 231 g/mol. The smallest absolute Gasteiger partial charge is 0.410 e. The highest BCUT2D eigenvalue weighted by Gasteiger charge is 2.40. The molecule has 0 spiro atoms. The van der Waals surface area contributed by atoms with Gasteiger partial charge < -0.3 is 19.8 Å². The molecule has 1 atom stereocenters. The van der Waals surface area contributed by atoms with Crippen LogP contribution in [0.1, 0.15) is 20.8 Å². The SMILES string of the molecule is CC(C)(C)OC(=O)N1CC([C@H](O)C(=O)O)C1. The maximum atomic E-state index is 11.5. The largest absolute Gasteiger partial charge is 0.479 e. The van der Waals surface area contributed by atoms with Gasteiger partial charge in [0.05, 0.1) is 0 Å². The van der Waals surface area contributed by atoms with Crippen molar-refractivity contribution >= 4 is 12.1 Å². The van der Waals surface area contributed by atoms with Crippen LogP contribution in [0.15, 0.2) is 0 Å². The predicted octanol–water partition coefficient (Wildman–Crippen LogP) is 0.299. The van der Waals surface area contributed by atoms with E-state index < -0.39 is 29.7 Å². The van der Waals surface area contributed by atoms with Crippen LogP contribution in [0.3, 0.4) is 0 Å². The Morgan fingerprint density at radius 1 is 1.38 bits per heavy atom. The van der Waals surface area contributed by atoms with Crippen LogP contribution in [0, 0.1) is 5.92 Å². The Morgan fingerprint density at radius 2 is 1.88 bits per heavy atom. The van der Waals surface area contributed by atoms with Crippen molar-refractivity contribution < 1.29 is 24.5 Å². The molecule has 1 amide bonds. The van der Waals surface area contributed by atoms with E-state index in [1.807, 2.05) is 0 Å². The van der Waals surface area contributed by atoms with E-state index in [9.17, 15) is 14.7 Å². The molecule has 1 rings (SSSR count). The summed E-state index contributed by atoms with van der Waals surface area (Å²) in [5.41, 5.74) is -0.562. The number of aliphatic hydroxyl groups excluding tert-OH is 1. The van der Waals surface area contributed by atoms with Gasteiger partial charge in [0.2, 0.25) is 0 Å². The highest BCUT2D eigenvalue weighted by Crippen LogP contribution is 2.22. The summed E-state index contributed by atoms with van der Waals surface area (Å²) >= 11 is 0. The molecule has 0 aromatic rings. The van der Waals surface area contributed by atoms with Gasteiger partial charge in [0.25, 0.3) is 0 Å². The number of amides is 1. The van der Waals surface area contributed by atoms with Crippen LogP contribution in [-0.2, 0) is 9.53 Å². The molecule has 0 bridgehead atoms. The normalized spacial score (nSPS) is 18.9. The van der Waals surface area contributed by atoms with Gasteiger partial charge in [0.1, 0.15) is 5.60 Å². The molecule has 16 heavy (non-hydrogen) atoms. The number of carbonyl (C=O) groups is 2. The van der Waals surface area contributed by atoms with E-state index in [1.165, 1.54) is 4.90 Å². The molecule has 1 heterocycles. The molecule has 0 aromatic carbocycles. The first kappa shape index (κ1) is 12.8. The molecule has 0 saturated carbocycles. The fraction of sp³-hybridized carbons (Fsp3) is 0.800. The second-order valence-electron chi connectivity index (χ2n) is 4.93. The topological polar surface area (TPSA) is 87.1 Å². The molecule has 0 radical (unpaired) electrons. The van der Waals surface area contributed by atoms with E-state index in [0.717, 1.165) is 0 Å². The summed E-state index contributed by atoms with van der Waals surface area (Å²) in [5, 5.41) is 17.7. The first-order chi connectivity index (χ1) is 7.20. The van der Waals surface area contributed by atoms with Gasteiger partial charge in [0.15, 0.2) is 6.10 Å². The van der Waals surface area contributed by atoms with Crippen molar-refractivity contribution in [3.05, 3.63) is 0 Å². The third-order valence-electron chi connectivity index (χ3n) is 2.26. The van der Waals surface area contributed by atoms with E-state index in [1.54, 1.807) is 20.8 Å². The lowest BCUT2D eigenvalue weighted by Gasteiger charge is -2.40. The summed E-state index contributed by atoms with van der Waals surface area (Å²) in [5.74, 6) is -1.65. The van der Waals surface area contributed by atoms with Crippen molar-refractivity contribution in [2.45, 2.75) is 32.5 Å². The summed E-state index contributed by atoms with van der Waals surface area (Å²) in [6, 6.07) is 0. The minimum atomic E-state index is -1.40. The predicted molar refractivity (Wildman–Crippen MR) is 54.9 cm³/mol. The highest BCUT2D eigenvalue weighted by atomic mass is 16.6. The van der Waals surface area contributed by atoms with Crippen molar-refractivity contribution in [3.8, 4) is 0 Å². The maximum Gasteiger partial charge on any atom is 0.410 e. The number of hydrogen-bond donors (Lipinski definition) is 2. The number of aliphatic carboxylic acids is 1. The quantitative estimate of drug-likeness (QED) is 0.713. The fourth-order valence-electron chi connectivity index (χ4n) is 1.39. The van der Waals surface area contributed by atoms with Gasteiger partial charge in [-0.3, -0.25) is 0 Å². The average Bonchev–Trinajstić information content (AvgIpc) is 1.96. The molecule has 1 aliphatic rings. The van der Waals surface area contributed by atoms with E-state index in [-0.39, 0.29) is 13.1 Å². The molecule has 1 aliphatic heterocycles. The van der Waals surface area contributed by atoms with Crippen molar-refractivity contribution in [2.24, 2.45) is 5.92 Å². The fourth-order valence-corrected chi connectivity index (χ4v) is 1.39. The van der Waals surface area contributed by atoms with Crippen molar-refractivity contribution in [1.82, 2.24) is 4.90 Å². The third-order valence-corrected chi connectivity index (χ3v) is 2.26. The number of carboxylic acids is 1. The Labute approximate surface area is 93.8 Å². The zero-order chi connectivity index (χ0) is 12.5. The first-order valence-corrected chi connectivity index (χ1v) is 5.09. The molecule has 0 aliphatic carbocycles. The van der Waals surface area contributed by atoms with E-state index in [4.69, 9.17) is 9.84 Å². The Balaban J connectivity index is 2.36. The van der Waals surface area contributed by atoms with Gasteiger partial charge in [-0.25, -0.2) is 9.59 Å². The van der Waals surface area contributed by atoms with Crippen LogP contribution in [0.4, 0.5) is 4.79 Å². The van der Waals surface area contributed by atoms with Gasteiger partial charge in [-0.1, -0.05) is 0 Å². The number of carbonyl (C=O) groups excluding carboxylic acids is 1. The Bertz CT molecular complexity index is 290. The van der Waals surface area contributed by atoms with Gasteiger partial charge in [0, 0.05) is 19.0 Å². The molecule has 6 heteroatoms. The monoisotopic (exact) mass is 231 g/mol. The van der Waals surface area contributed by atoms with E-state index in [0.29, 0.717) is 0 Å². The summed E-state index contributed by atoms with van der Waals surface area (Å²) in [4.78, 5) is 23.3. The molecule has 92 valence electrons. The third kappa shape index (κ3) is 3.10. The second-order valence-corrected chi connectivity index (χ2v) is 4.93. The molecule has 1 fully saturated rings. The number of hydrogen-bond acceptors (Lipinski definition) is 4. The van der Waals surface area contributed by atoms with Gasteiger partial charge >= 0.3 is 12.1 Å². The van der Waals surface area contributed by atoms with Crippen LogP contribution < -0.4 is 0 Å². The van der Waals surface area contributed by atoms with Gasteiger partial charge in [-0.2, -0.15) is 0 Å². The summed E-state index contributed by atoms with van der Waals surface area (Å²) in [6.07, 6.45) is -1.87. The second kappa shape index (κ2) is 4.29. The van der Waals surface area contributed by atoms with E-state index in [2.05, 4.69) is 0 Å². The number of nitrogens with zero attached hydrogens (tertiary/aromatic N) is 1. The number of rotatable bonds is 2. The zero-order valence-electron chi connectivity index (χ0n) is 9.64. The molecular formula is C10H17NO5. The number of aliphatic hydroxyl groups is 1. The van der Waals surface area contributed by atoms with Gasteiger partial charge in [-0.05, 0) is 20.8 Å². The van der Waals surface area contributed by atoms with E-state index >= 15 is 0 Å². The molecule has 6 nitrogen and oxygen atoms in total. The minimum absolute atomic E-state index is 0.225. The van der Waals surface area contributed by atoms with Gasteiger partial charge in [-0.15, -0.1) is 0 Å². The number of carboxylic acid groups (broad SMARTS) is 1. The van der Waals surface area contributed by atoms with Crippen LogP contribution in [0.25, 0.3) is 0 Å². The highest BCUT2D eigenvalue weighted by molar-refractivity contribution is 5.74. The molecule has 1 saturated heterocycles. The van der Waals surface area contributed by atoms with Crippen LogP contribution in [0.2, 0.25) is 0 Å². The zero-order valence-corrected chi connectivity index (χ0v) is 9.64. The van der Waals surface area contributed by atoms with Crippen LogP contribution in [0.5, 0.6) is 0 Å². The lowest BCUT2D eigenvalue weighted by Crippen LogP contribution is -2.56. The summed E-state index contributed by atoms with van der Waals surface area (Å²) in [6.45, 7) is 5.72. The molecular weight excluding hydrogens is 214 g/mol. The Kier molecular flexibility index (Phi) is 3.42. The summed E-state index contributed by atoms with van der Waals surface area (Å²) in [7, 11) is 0. The Hall–Kier alpha value is -1.30. The molecule has 2 N–H and O–H groups in total. The van der Waals surface area contributed by atoms with Crippen LogP contribution in [-0.4, -0.2) is 52.0 Å². The standard InChI is InChI=1S/C10H17NO5/c1-10(2,3)16-9(15)11-4-6(5-11)7(12)8(13)14/h6-7,12H,4-5H2,1-3H3,(H,13,14)/t7-/m0/s1. The lowest BCUT2D eigenvalue weighted by molar-refractivity contribution is -0.153. The van der Waals surface area contributed by atoms with Crippen molar-refractivity contribution in [1.29, 1.82) is 0 Å². The van der Waals surface area contributed by atoms with Crippen molar-refractivity contribution in [3.63, 3.8) is 0 Å². The lowest BCUT2D eigenvalue weighted by atomic mass is 9.94. The molecule has 0 aromatic heterocycles. The maximum absolute atomic E-state index is 11.5. The minimum Gasteiger partial charge on any atom is -0.479 e. The first-order valence-electron chi connectivity index (χ1n) is 5.09. The Morgan fingerprint density at radius 3 is 2.25 bits per heavy atom. The molecule has 0 unspecified atom stereocenters.